The Kier molecular flexibility index (Phi) is 0.599. The van der Waals surface area contributed by atoms with E-state index in [-0.39, 0.29) is 0 Å². The Morgan fingerprint density at radius 1 is 2.00 bits per heavy atom. The predicted molar refractivity (Wildman–Crippen MR) is 25.8 cm³/mol. The smallest absolute Gasteiger partial charge is 0.0721 e. The molecule has 1 aliphatic rings. The Hall–Kier alpha value is 0.690. The molecule has 0 unspecified atom stereocenters. The van der Waals surface area contributed by atoms with Gasteiger partial charge in [0.05, 0.1) is 4.05 Å². The molecule has 24 valence electrons. The second-order valence-corrected chi connectivity index (χ2v) is 2.38. The average molecular weight is 169 g/mol. The molecule has 1 aliphatic heterocycles. The molecule has 4 heavy (non-hydrogen) atoms. The van der Waals surface area contributed by atoms with Gasteiger partial charge in [-0.25, -0.2) is 0 Å². The van der Waals surface area contributed by atoms with Crippen LogP contribution in [-0.4, -0.2) is 10.6 Å². The SMILES string of the molecule is I[C@H]1CN1. The van der Waals surface area contributed by atoms with Gasteiger partial charge in [-0.05, 0) is 0 Å². The van der Waals surface area contributed by atoms with E-state index >= 15 is 0 Å². The van der Waals surface area contributed by atoms with Crippen LogP contribution < -0.4 is 5.32 Å². The molecule has 2 heteroatoms. The topological polar surface area (TPSA) is 21.9 Å². The molecule has 1 N–H and O–H groups in total. The van der Waals surface area contributed by atoms with E-state index in [0.717, 1.165) is 4.05 Å². The van der Waals surface area contributed by atoms with Crippen molar-refractivity contribution in [3.8, 4) is 0 Å². The highest BCUT2D eigenvalue weighted by Gasteiger charge is 2.12. The average Bonchev–Trinajstić information content (AvgIpc) is 1.75. The summed E-state index contributed by atoms with van der Waals surface area (Å²) in [6.45, 7) is 1.22. The lowest BCUT2D eigenvalue weighted by Crippen LogP contribution is -1.66. The first-order chi connectivity index (χ1) is 1.89. The first-order valence-corrected chi connectivity index (χ1v) is 2.51. The van der Waals surface area contributed by atoms with Crippen molar-refractivity contribution in [3.05, 3.63) is 0 Å². The third-order valence-electron chi connectivity index (χ3n) is 0.358. The van der Waals surface area contributed by atoms with Crippen LogP contribution in [0, 0.1) is 0 Å². The van der Waals surface area contributed by atoms with Gasteiger partial charge in [-0.2, -0.15) is 0 Å². The van der Waals surface area contributed by atoms with Gasteiger partial charge >= 0.3 is 0 Å². The minimum atomic E-state index is 0.803. The Balaban J connectivity index is 2.17. The quantitative estimate of drug-likeness (QED) is 0.240. The number of hydrogen-bond donors (Lipinski definition) is 1. The van der Waals surface area contributed by atoms with Gasteiger partial charge in [-0.15, -0.1) is 0 Å². The summed E-state index contributed by atoms with van der Waals surface area (Å²) in [7, 11) is 0. The number of nitrogens with one attached hydrogen (secondary N) is 1. The van der Waals surface area contributed by atoms with Gasteiger partial charge in [0.25, 0.3) is 0 Å². The Labute approximate surface area is 38.9 Å². The van der Waals surface area contributed by atoms with E-state index in [1.165, 1.54) is 6.54 Å². The van der Waals surface area contributed by atoms with Crippen molar-refractivity contribution in [1.82, 2.24) is 5.32 Å². The highest BCUT2D eigenvalue weighted by Crippen LogP contribution is 2.03. The normalized spacial score (nSPS) is 39.8. The fraction of sp³-hybridized carbons (Fsp3) is 1.00. The molecule has 0 radical (unpaired) electrons. The van der Waals surface area contributed by atoms with E-state index < -0.39 is 0 Å². The van der Waals surface area contributed by atoms with Crippen molar-refractivity contribution in [2.75, 3.05) is 6.54 Å². The summed E-state index contributed by atoms with van der Waals surface area (Å²) in [5, 5.41) is 3.08. The Bertz CT molecular complexity index is 25.2. The molecule has 0 amide bonds. The van der Waals surface area contributed by atoms with Crippen molar-refractivity contribution < 1.29 is 0 Å². The maximum atomic E-state index is 3.08. The summed E-state index contributed by atoms with van der Waals surface area (Å²) in [6, 6.07) is 0. The lowest BCUT2D eigenvalue weighted by Gasteiger charge is -1.50. The molecule has 0 aromatic carbocycles. The fourth-order valence-corrected chi connectivity index (χ4v) is 0.299. The maximum Gasteiger partial charge on any atom is 0.0721 e. The molecule has 0 aromatic heterocycles. The standard InChI is InChI=1S/C2H4IN/c3-2-1-4-2/h2,4H,1H2/t2-/m1/s1. The molecule has 1 fully saturated rings. The van der Waals surface area contributed by atoms with Crippen molar-refractivity contribution in [3.63, 3.8) is 0 Å². The summed E-state index contributed by atoms with van der Waals surface area (Å²) < 4.78 is 0.803. The first kappa shape index (κ1) is 2.90. The van der Waals surface area contributed by atoms with Crippen LogP contribution >= 0.6 is 22.6 Å². The van der Waals surface area contributed by atoms with E-state index in [1.807, 2.05) is 0 Å². The van der Waals surface area contributed by atoms with Gasteiger partial charge in [-0.3, -0.25) is 0 Å². The molecule has 0 bridgehead atoms. The van der Waals surface area contributed by atoms with Crippen LogP contribution in [0.1, 0.15) is 0 Å². The molecular weight excluding hydrogens is 165 g/mol. The van der Waals surface area contributed by atoms with E-state index in [2.05, 4.69) is 27.9 Å². The molecule has 0 spiro atoms. The molecule has 0 aromatic rings. The lowest BCUT2D eigenvalue weighted by molar-refractivity contribution is 1.33. The molecule has 1 heterocycles. The van der Waals surface area contributed by atoms with Gasteiger partial charge in [0, 0.05) is 6.54 Å². The summed E-state index contributed by atoms with van der Waals surface area (Å²) in [4.78, 5) is 0. The fourth-order valence-electron chi connectivity index (χ4n) is 0.0445. The van der Waals surface area contributed by atoms with Crippen LogP contribution in [0.2, 0.25) is 0 Å². The van der Waals surface area contributed by atoms with E-state index in [1.54, 1.807) is 0 Å². The summed E-state index contributed by atoms with van der Waals surface area (Å²) >= 11 is 2.34. The molecule has 0 aliphatic carbocycles. The highest BCUT2D eigenvalue weighted by atomic mass is 127. The number of halogens is 1. The van der Waals surface area contributed by atoms with Crippen molar-refractivity contribution >= 4 is 22.6 Å². The zero-order valence-electron chi connectivity index (χ0n) is 2.16. The van der Waals surface area contributed by atoms with Crippen LogP contribution in [0.25, 0.3) is 0 Å². The van der Waals surface area contributed by atoms with Gasteiger partial charge in [-0.1, -0.05) is 22.6 Å². The monoisotopic (exact) mass is 169 g/mol. The summed E-state index contributed by atoms with van der Waals surface area (Å²) in [6.07, 6.45) is 0. The van der Waals surface area contributed by atoms with E-state index in [0.29, 0.717) is 0 Å². The zero-order valence-corrected chi connectivity index (χ0v) is 4.32. The van der Waals surface area contributed by atoms with Crippen molar-refractivity contribution in [1.29, 1.82) is 0 Å². The second kappa shape index (κ2) is 0.825. The van der Waals surface area contributed by atoms with Crippen LogP contribution in [0.5, 0.6) is 0 Å². The van der Waals surface area contributed by atoms with Crippen LogP contribution in [-0.2, 0) is 0 Å². The van der Waals surface area contributed by atoms with Gasteiger partial charge in [0.15, 0.2) is 0 Å². The zero-order chi connectivity index (χ0) is 2.99. The first-order valence-electron chi connectivity index (χ1n) is 1.27. The van der Waals surface area contributed by atoms with Crippen LogP contribution in [0.15, 0.2) is 0 Å². The largest absolute Gasteiger partial charge is 0.302 e. The molecule has 1 atom stereocenters. The summed E-state index contributed by atoms with van der Waals surface area (Å²) in [5.74, 6) is 0. The maximum absolute atomic E-state index is 3.08. The number of hydrogen-bond acceptors (Lipinski definition) is 1. The third kappa shape index (κ3) is 0.564. The van der Waals surface area contributed by atoms with E-state index in [9.17, 15) is 0 Å². The number of rotatable bonds is 0. The highest BCUT2D eigenvalue weighted by molar-refractivity contribution is 14.1. The van der Waals surface area contributed by atoms with E-state index in [4.69, 9.17) is 0 Å². The van der Waals surface area contributed by atoms with Crippen LogP contribution in [0.4, 0.5) is 0 Å². The molecule has 0 saturated carbocycles. The molecule has 1 saturated heterocycles. The summed E-state index contributed by atoms with van der Waals surface area (Å²) in [5.41, 5.74) is 0. The van der Waals surface area contributed by atoms with Crippen molar-refractivity contribution in [2.24, 2.45) is 0 Å². The minimum Gasteiger partial charge on any atom is -0.302 e. The van der Waals surface area contributed by atoms with Gasteiger partial charge in [0.1, 0.15) is 0 Å². The molecule has 1 rings (SSSR count). The Morgan fingerprint density at radius 3 is 2.25 bits per heavy atom. The van der Waals surface area contributed by atoms with Gasteiger partial charge < -0.3 is 5.32 Å². The Morgan fingerprint density at radius 2 is 2.25 bits per heavy atom. The predicted octanol–water partition coefficient (Wildman–Crippen LogP) is 0.351. The molecule has 1 nitrogen and oxygen atoms in total. The van der Waals surface area contributed by atoms with Crippen molar-refractivity contribution in [2.45, 2.75) is 4.05 Å². The number of alkyl halides is 1. The van der Waals surface area contributed by atoms with Crippen LogP contribution in [0.3, 0.4) is 0 Å². The molecular formula is C2H4IN. The lowest BCUT2D eigenvalue weighted by atomic mass is 11.0. The second-order valence-electron chi connectivity index (χ2n) is 0.876. The minimum absolute atomic E-state index is 0.803. The third-order valence-corrected chi connectivity index (χ3v) is 1.24. The van der Waals surface area contributed by atoms with Gasteiger partial charge in [0.2, 0.25) is 0 Å².